The molecule has 0 fully saturated rings. The van der Waals surface area contributed by atoms with E-state index in [-0.39, 0.29) is 35.9 Å². The lowest BCUT2D eigenvalue weighted by atomic mass is 9.97. The lowest BCUT2D eigenvalue weighted by Gasteiger charge is -2.27. The van der Waals surface area contributed by atoms with Gasteiger partial charge in [-0.3, -0.25) is 9.59 Å². The molecule has 3 rings (SSSR count). The number of nitrogens with zero attached hydrogens (tertiary/aromatic N) is 1. The Labute approximate surface area is 239 Å². The van der Waals surface area contributed by atoms with Gasteiger partial charge in [-0.2, -0.15) is 26.3 Å². The van der Waals surface area contributed by atoms with Crippen LogP contribution >= 0.6 is 0 Å². The van der Waals surface area contributed by atoms with E-state index < -0.39 is 59.2 Å². The van der Waals surface area contributed by atoms with Gasteiger partial charge in [0, 0.05) is 30.9 Å². The molecular weight excluding hydrogens is 599 g/mol. The van der Waals surface area contributed by atoms with Crippen LogP contribution in [0.25, 0.3) is 0 Å². The van der Waals surface area contributed by atoms with Crippen LogP contribution in [0.15, 0.2) is 66.7 Å². The number of alkyl halides is 9. The van der Waals surface area contributed by atoms with Crippen molar-refractivity contribution in [2.24, 2.45) is 0 Å². The lowest BCUT2D eigenvalue weighted by Crippen LogP contribution is -2.34. The average molecular weight is 622 g/mol. The summed E-state index contributed by atoms with van der Waals surface area (Å²) in [6, 6.07) is 10.5. The summed E-state index contributed by atoms with van der Waals surface area (Å²) in [6.45, 7) is 0.726. The van der Waals surface area contributed by atoms with E-state index in [1.807, 2.05) is 0 Å². The predicted octanol–water partition coefficient (Wildman–Crippen LogP) is 7.29. The third kappa shape index (κ3) is 8.86. The number of rotatable bonds is 10. The third-order valence-electron chi connectivity index (χ3n) is 6.18. The van der Waals surface area contributed by atoms with E-state index in [9.17, 15) is 49.1 Å². The van der Waals surface area contributed by atoms with Gasteiger partial charge in [0.2, 0.25) is 0 Å². The van der Waals surface area contributed by atoms with Crippen molar-refractivity contribution in [1.29, 1.82) is 0 Å². The monoisotopic (exact) mass is 622 g/mol. The first kappa shape index (κ1) is 33.2. The Morgan fingerprint density at radius 2 is 1.47 bits per heavy atom. The molecule has 0 heterocycles. The normalized spacial score (nSPS) is 13.7. The minimum atomic E-state index is -5.16. The van der Waals surface area contributed by atoms with E-state index in [0.717, 1.165) is 17.0 Å². The quantitative estimate of drug-likeness (QED) is 0.190. The van der Waals surface area contributed by atoms with Crippen LogP contribution in [0, 0.1) is 0 Å². The number of hydrogen-bond acceptors (Lipinski definition) is 5. The SMILES string of the molecule is CC(NCc1cc(OC(F)(F)F)ccc1N(C)C(=O)c1ccccc1)C(OC=O)c1cc(C(F)(F)F)cc(C(F)(F)F)c1. The first-order valence-electron chi connectivity index (χ1n) is 12.2. The maximum atomic E-state index is 13.4. The zero-order valence-corrected chi connectivity index (χ0v) is 22.3. The number of anilines is 1. The second-order valence-electron chi connectivity index (χ2n) is 9.23. The Morgan fingerprint density at radius 1 is 0.884 bits per heavy atom. The van der Waals surface area contributed by atoms with Crippen molar-refractivity contribution in [1.82, 2.24) is 5.32 Å². The Hall–Kier alpha value is -4.27. The van der Waals surface area contributed by atoms with E-state index >= 15 is 0 Å². The van der Waals surface area contributed by atoms with Crippen molar-refractivity contribution in [3.63, 3.8) is 0 Å². The molecule has 0 aliphatic carbocycles. The van der Waals surface area contributed by atoms with Crippen molar-refractivity contribution in [3.8, 4) is 5.75 Å². The molecule has 43 heavy (non-hydrogen) atoms. The Balaban J connectivity index is 1.98. The number of hydrogen-bond donors (Lipinski definition) is 1. The minimum Gasteiger partial charge on any atom is -0.458 e. The second kappa shape index (κ2) is 12.9. The van der Waals surface area contributed by atoms with Gasteiger partial charge in [0.05, 0.1) is 11.1 Å². The molecule has 0 aliphatic heterocycles. The number of carbonyl (C=O) groups excluding carboxylic acids is 2. The summed E-state index contributed by atoms with van der Waals surface area (Å²) >= 11 is 0. The summed E-state index contributed by atoms with van der Waals surface area (Å²) in [5, 5.41) is 2.74. The van der Waals surface area contributed by atoms with Gasteiger partial charge in [-0.25, -0.2) is 0 Å². The highest BCUT2D eigenvalue weighted by molar-refractivity contribution is 6.06. The Kier molecular flexibility index (Phi) is 10.00. The van der Waals surface area contributed by atoms with Crippen LogP contribution in [0.3, 0.4) is 0 Å². The largest absolute Gasteiger partial charge is 0.573 e. The number of benzene rings is 3. The van der Waals surface area contributed by atoms with E-state index in [2.05, 4.69) is 10.1 Å². The molecule has 2 atom stereocenters. The summed E-state index contributed by atoms with van der Waals surface area (Å²) in [7, 11) is 1.35. The smallest absolute Gasteiger partial charge is 0.458 e. The molecule has 0 radical (unpaired) electrons. The first-order chi connectivity index (χ1) is 19.9. The van der Waals surface area contributed by atoms with Gasteiger partial charge < -0.3 is 19.7 Å². The Bertz CT molecular complexity index is 1390. The Morgan fingerprint density at radius 3 is 1.98 bits per heavy atom. The maximum Gasteiger partial charge on any atom is 0.573 e. The van der Waals surface area contributed by atoms with Gasteiger partial charge in [0.15, 0.2) is 0 Å². The van der Waals surface area contributed by atoms with Crippen LogP contribution in [-0.4, -0.2) is 31.8 Å². The molecule has 3 aromatic carbocycles. The molecule has 0 saturated heterocycles. The molecule has 1 N–H and O–H groups in total. The van der Waals surface area contributed by atoms with Crippen LogP contribution in [0.5, 0.6) is 5.75 Å². The zero-order chi connectivity index (χ0) is 32.2. The maximum absolute atomic E-state index is 13.4. The highest BCUT2D eigenvalue weighted by atomic mass is 19.4. The summed E-state index contributed by atoms with van der Waals surface area (Å²) in [6.07, 6.45) is -17.1. The van der Waals surface area contributed by atoms with Crippen molar-refractivity contribution < 1.29 is 58.6 Å². The molecule has 0 bridgehead atoms. The van der Waals surface area contributed by atoms with Gasteiger partial charge in [0.25, 0.3) is 12.4 Å². The van der Waals surface area contributed by atoms with Crippen LogP contribution in [0.4, 0.5) is 45.2 Å². The van der Waals surface area contributed by atoms with Crippen molar-refractivity contribution in [3.05, 3.63) is 94.5 Å². The lowest BCUT2D eigenvalue weighted by molar-refractivity contribution is -0.274. The van der Waals surface area contributed by atoms with Crippen molar-refractivity contribution >= 4 is 18.1 Å². The molecule has 0 aliphatic rings. The van der Waals surface area contributed by atoms with Crippen LogP contribution < -0.4 is 15.0 Å². The predicted molar refractivity (Wildman–Crippen MR) is 135 cm³/mol. The fraction of sp³-hybridized carbons (Fsp3) is 0.286. The van der Waals surface area contributed by atoms with Gasteiger partial charge in [-0.1, -0.05) is 18.2 Å². The molecule has 0 spiro atoms. The molecule has 2 unspecified atom stereocenters. The molecule has 6 nitrogen and oxygen atoms in total. The number of amides is 1. The fourth-order valence-corrected chi connectivity index (χ4v) is 4.18. The molecular formula is C28H23F9N2O4. The zero-order valence-electron chi connectivity index (χ0n) is 22.3. The van der Waals surface area contributed by atoms with Gasteiger partial charge in [-0.05, 0) is 66.6 Å². The van der Waals surface area contributed by atoms with E-state index in [4.69, 9.17) is 4.74 Å². The summed E-state index contributed by atoms with van der Waals surface area (Å²) < 4.78 is 128. The first-order valence-corrected chi connectivity index (χ1v) is 12.2. The van der Waals surface area contributed by atoms with Crippen LogP contribution in [-0.2, 0) is 28.4 Å². The molecule has 232 valence electrons. The van der Waals surface area contributed by atoms with Crippen LogP contribution in [0.1, 0.15) is 45.6 Å². The van der Waals surface area contributed by atoms with E-state index in [0.29, 0.717) is 12.1 Å². The van der Waals surface area contributed by atoms with Gasteiger partial charge in [-0.15, -0.1) is 13.2 Å². The fourth-order valence-electron chi connectivity index (χ4n) is 4.18. The summed E-state index contributed by atoms with van der Waals surface area (Å²) in [5.74, 6) is -1.19. The van der Waals surface area contributed by atoms with Crippen LogP contribution in [0.2, 0.25) is 0 Å². The van der Waals surface area contributed by atoms with Crippen molar-refractivity contribution in [2.45, 2.75) is 44.3 Å². The minimum absolute atomic E-state index is 0.0326. The number of carbonyl (C=O) groups is 2. The second-order valence-corrected chi connectivity index (χ2v) is 9.23. The molecule has 15 heteroatoms. The van der Waals surface area contributed by atoms with Crippen molar-refractivity contribution in [2.75, 3.05) is 11.9 Å². The average Bonchev–Trinajstić information content (AvgIpc) is 2.92. The standard InChI is InChI=1S/C28H23F9N2O4/c1-16(24(42-15-40)18-10-20(26(29,30)31)13-21(11-18)27(32,33)34)38-14-19-12-22(43-28(35,36)37)8-9-23(19)39(2)25(41)17-6-4-3-5-7-17/h3-13,15-16,24,38H,14H2,1-2H3. The van der Waals surface area contributed by atoms with Gasteiger partial charge >= 0.3 is 18.7 Å². The highest BCUT2D eigenvalue weighted by Crippen LogP contribution is 2.38. The number of nitrogens with one attached hydrogen (secondary N) is 1. The highest BCUT2D eigenvalue weighted by Gasteiger charge is 2.38. The van der Waals surface area contributed by atoms with E-state index in [1.54, 1.807) is 18.2 Å². The molecule has 3 aromatic rings. The van der Waals surface area contributed by atoms with Gasteiger partial charge in [0.1, 0.15) is 11.9 Å². The molecule has 1 amide bonds. The summed E-state index contributed by atoms with van der Waals surface area (Å²) in [4.78, 5) is 25.3. The topological polar surface area (TPSA) is 67.9 Å². The third-order valence-corrected chi connectivity index (χ3v) is 6.18. The number of ether oxygens (including phenoxy) is 2. The van der Waals surface area contributed by atoms with E-state index in [1.165, 1.54) is 32.2 Å². The molecule has 0 saturated carbocycles. The molecule has 0 aromatic heterocycles. The summed E-state index contributed by atoms with van der Waals surface area (Å²) in [5.41, 5.74) is -3.52. The number of halogens is 9.